The molecule has 0 amide bonds. The number of benzene rings is 1. The normalized spacial score (nSPS) is 21.2. The molecule has 70 valence electrons. The van der Waals surface area contributed by atoms with Gasteiger partial charge in [-0.25, -0.2) is 0 Å². The van der Waals surface area contributed by atoms with Gasteiger partial charge in [0.25, 0.3) is 0 Å². The fourth-order valence-electron chi connectivity index (χ4n) is 2.02. The van der Waals surface area contributed by atoms with Crippen LogP contribution in [-0.2, 0) is 12.8 Å². The summed E-state index contributed by atoms with van der Waals surface area (Å²) >= 11 is 0. The summed E-state index contributed by atoms with van der Waals surface area (Å²) in [6, 6.07) is 5.64. The minimum absolute atomic E-state index is 0.259. The van der Waals surface area contributed by atoms with Crippen LogP contribution in [-0.4, -0.2) is 16.8 Å². The number of hydrogen-bond donors (Lipinski definition) is 2. The molecule has 0 spiro atoms. The number of phenols is 1. The summed E-state index contributed by atoms with van der Waals surface area (Å²) < 4.78 is 0. The van der Waals surface area contributed by atoms with E-state index in [0.29, 0.717) is 11.7 Å². The second kappa shape index (κ2) is 3.38. The third-order valence-corrected chi connectivity index (χ3v) is 2.82. The molecule has 1 aromatic carbocycles. The van der Waals surface area contributed by atoms with Gasteiger partial charge in [-0.1, -0.05) is 12.1 Å². The average Bonchev–Trinajstić information content (AvgIpc) is 2.18. The maximum Gasteiger partial charge on any atom is 0.119 e. The maximum atomic E-state index is 9.55. The molecule has 2 nitrogen and oxygen atoms in total. The van der Waals surface area contributed by atoms with E-state index in [1.807, 2.05) is 12.1 Å². The topological polar surface area (TPSA) is 40.5 Å². The quantitative estimate of drug-likeness (QED) is 0.684. The van der Waals surface area contributed by atoms with Gasteiger partial charge in [-0.15, -0.1) is 0 Å². The molecule has 0 saturated carbocycles. The van der Waals surface area contributed by atoms with Gasteiger partial charge < -0.3 is 10.2 Å². The Bertz CT molecular complexity index is 307. The Balaban J connectivity index is 2.31. The molecule has 0 fully saturated rings. The summed E-state index contributed by atoms with van der Waals surface area (Å²) in [6.45, 7) is 0.259. The predicted octanol–water partition coefficient (Wildman–Crippen LogP) is 1.49. The Morgan fingerprint density at radius 3 is 3.00 bits per heavy atom. The fourth-order valence-corrected chi connectivity index (χ4v) is 2.02. The van der Waals surface area contributed by atoms with Crippen LogP contribution in [0.2, 0.25) is 0 Å². The summed E-state index contributed by atoms with van der Waals surface area (Å²) in [5.41, 5.74) is 2.28. The van der Waals surface area contributed by atoms with E-state index in [0.717, 1.165) is 24.8 Å². The van der Waals surface area contributed by atoms with Crippen LogP contribution in [0.4, 0.5) is 0 Å². The molecule has 2 rings (SSSR count). The molecule has 0 unspecified atom stereocenters. The standard InChI is InChI=1S/C11H14O2/c12-7-8-4-5-10-9(6-8)2-1-3-11(10)13/h1-3,8,12-13H,4-7H2/t8-/m0/s1. The van der Waals surface area contributed by atoms with Crippen LogP contribution < -0.4 is 0 Å². The molecule has 0 heterocycles. The van der Waals surface area contributed by atoms with Crippen molar-refractivity contribution in [2.45, 2.75) is 19.3 Å². The van der Waals surface area contributed by atoms with Crippen molar-refractivity contribution in [2.24, 2.45) is 5.92 Å². The highest BCUT2D eigenvalue weighted by molar-refractivity contribution is 5.40. The Kier molecular flexibility index (Phi) is 2.23. The van der Waals surface area contributed by atoms with Gasteiger partial charge >= 0.3 is 0 Å². The highest BCUT2D eigenvalue weighted by Gasteiger charge is 2.19. The first-order valence-electron chi connectivity index (χ1n) is 4.72. The molecule has 0 saturated heterocycles. The van der Waals surface area contributed by atoms with E-state index in [-0.39, 0.29) is 6.61 Å². The zero-order valence-electron chi connectivity index (χ0n) is 7.53. The lowest BCUT2D eigenvalue weighted by atomic mass is 9.84. The third kappa shape index (κ3) is 1.54. The van der Waals surface area contributed by atoms with Crippen LogP contribution in [0.3, 0.4) is 0 Å². The van der Waals surface area contributed by atoms with Crippen molar-refractivity contribution in [3.63, 3.8) is 0 Å². The maximum absolute atomic E-state index is 9.55. The number of rotatable bonds is 1. The molecule has 2 heteroatoms. The van der Waals surface area contributed by atoms with Gasteiger partial charge in [-0.05, 0) is 42.4 Å². The zero-order chi connectivity index (χ0) is 9.26. The molecule has 13 heavy (non-hydrogen) atoms. The molecule has 0 aliphatic heterocycles. The van der Waals surface area contributed by atoms with Gasteiger partial charge in [-0.2, -0.15) is 0 Å². The Morgan fingerprint density at radius 2 is 2.23 bits per heavy atom. The summed E-state index contributed by atoms with van der Waals surface area (Å²) in [6.07, 6.45) is 2.79. The number of aromatic hydroxyl groups is 1. The van der Waals surface area contributed by atoms with Gasteiger partial charge in [0.15, 0.2) is 0 Å². The smallest absolute Gasteiger partial charge is 0.119 e. The lowest BCUT2D eigenvalue weighted by Gasteiger charge is -2.23. The molecular weight excluding hydrogens is 164 g/mol. The second-order valence-corrected chi connectivity index (χ2v) is 3.71. The van der Waals surface area contributed by atoms with E-state index in [4.69, 9.17) is 5.11 Å². The minimum Gasteiger partial charge on any atom is -0.508 e. The van der Waals surface area contributed by atoms with E-state index in [2.05, 4.69) is 0 Å². The monoisotopic (exact) mass is 178 g/mol. The van der Waals surface area contributed by atoms with Gasteiger partial charge in [0.2, 0.25) is 0 Å². The molecule has 0 aromatic heterocycles. The van der Waals surface area contributed by atoms with Gasteiger partial charge in [0, 0.05) is 6.61 Å². The van der Waals surface area contributed by atoms with Crippen LogP contribution in [0.5, 0.6) is 5.75 Å². The third-order valence-electron chi connectivity index (χ3n) is 2.82. The van der Waals surface area contributed by atoms with E-state index in [1.54, 1.807) is 6.07 Å². The zero-order valence-corrected chi connectivity index (χ0v) is 7.53. The highest BCUT2D eigenvalue weighted by atomic mass is 16.3. The Morgan fingerprint density at radius 1 is 1.38 bits per heavy atom. The minimum atomic E-state index is 0.259. The fraction of sp³-hybridized carbons (Fsp3) is 0.455. The Labute approximate surface area is 77.8 Å². The number of aliphatic hydroxyl groups is 1. The summed E-state index contributed by atoms with van der Waals surface area (Å²) in [7, 11) is 0. The molecule has 1 aliphatic rings. The van der Waals surface area contributed by atoms with E-state index in [1.165, 1.54) is 5.56 Å². The summed E-state index contributed by atoms with van der Waals surface area (Å²) in [5.74, 6) is 0.795. The van der Waals surface area contributed by atoms with Crippen molar-refractivity contribution >= 4 is 0 Å². The van der Waals surface area contributed by atoms with Crippen LogP contribution >= 0.6 is 0 Å². The van der Waals surface area contributed by atoms with E-state index >= 15 is 0 Å². The molecule has 2 N–H and O–H groups in total. The van der Waals surface area contributed by atoms with Crippen molar-refractivity contribution in [3.05, 3.63) is 29.3 Å². The summed E-state index contributed by atoms with van der Waals surface area (Å²) in [5, 5.41) is 18.6. The predicted molar refractivity (Wildman–Crippen MR) is 50.7 cm³/mol. The molecule has 1 atom stereocenters. The van der Waals surface area contributed by atoms with E-state index in [9.17, 15) is 5.11 Å². The van der Waals surface area contributed by atoms with Crippen molar-refractivity contribution in [3.8, 4) is 5.75 Å². The van der Waals surface area contributed by atoms with Crippen molar-refractivity contribution < 1.29 is 10.2 Å². The molecular formula is C11H14O2. The molecule has 1 aromatic rings. The SMILES string of the molecule is OC[C@H]1CCc2c(O)cccc2C1. The van der Waals surface area contributed by atoms with Crippen molar-refractivity contribution in [1.82, 2.24) is 0 Å². The van der Waals surface area contributed by atoms with Gasteiger partial charge in [0.1, 0.15) is 5.75 Å². The first-order valence-corrected chi connectivity index (χ1v) is 4.72. The highest BCUT2D eigenvalue weighted by Crippen LogP contribution is 2.30. The van der Waals surface area contributed by atoms with Gasteiger partial charge in [0.05, 0.1) is 0 Å². The van der Waals surface area contributed by atoms with E-state index < -0.39 is 0 Å². The average molecular weight is 178 g/mol. The van der Waals surface area contributed by atoms with Crippen molar-refractivity contribution in [1.29, 1.82) is 0 Å². The first kappa shape index (κ1) is 8.57. The van der Waals surface area contributed by atoms with Crippen LogP contribution in [0, 0.1) is 5.92 Å². The number of fused-ring (bicyclic) bond motifs is 1. The molecule has 0 bridgehead atoms. The lowest BCUT2D eigenvalue weighted by Crippen LogP contribution is -2.17. The van der Waals surface area contributed by atoms with Crippen molar-refractivity contribution in [2.75, 3.05) is 6.61 Å². The summed E-state index contributed by atoms with van der Waals surface area (Å²) in [4.78, 5) is 0. The molecule has 0 radical (unpaired) electrons. The lowest BCUT2D eigenvalue weighted by molar-refractivity contribution is 0.212. The Hall–Kier alpha value is -1.02. The van der Waals surface area contributed by atoms with Gasteiger partial charge in [-0.3, -0.25) is 0 Å². The second-order valence-electron chi connectivity index (χ2n) is 3.71. The molecule has 1 aliphatic carbocycles. The van der Waals surface area contributed by atoms with Crippen LogP contribution in [0.25, 0.3) is 0 Å². The number of hydrogen-bond acceptors (Lipinski definition) is 2. The largest absolute Gasteiger partial charge is 0.508 e. The van der Waals surface area contributed by atoms with Crippen LogP contribution in [0.15, 0.2) is 18.2 Å². The van der Waals surface area contributed by atoms with Crippen LogP contribution in [0.1, 0.15) is 17.5 Å². The first-order chi connectivity index (χ1) is 6.31. The number of aliphatic hydroxyl groups excluding tert-OH is 1. The number of phenolic OH excluding ortho intramolecular Hbond substituents is 1.